The normalized spacial score (nSPS) is 12.9. The highest BCUT2D eigenvalue weighted by atomic mass is 19.4. The summed E-state index contributed by atoms with van der Waals surface area (Å²) in [6, 6.07) is 7.89. The SMILES string of the molecule is CCO[C@@H](C)C(=O)Nc1cnn(-c2ccccc2)c1C(F)(F)F. The van der Waals surface area contributed by atoms with Gasteiger partial charge in [-0.1, -0.05) is 18.2 Å². The number of hydrogen-bond acceptors (Lipinski definition) is 3. The van der Waals surface area contributed by atoms with Gasteiger partial charge in [0.2, 0.25) is 0 Å². The fourth-order valence-electron chi connectivity index (χ4n) is 2.04. The minimum absolute atomic E-state index is 0.248. The number of nitrogens with one attached hydrogen (secondary N) is 1. The molecule has 0 unspecified atom stereocenters. The zero-order valence-corrected chi connectivity index (χ0v) is 12.6. The first-order chi connectivity index (χ1) is 10.8. The van der Waals surface area contributed by atoms with Crippen LogP contribution in [-0.4, -0.2) is 28.4 Å². The Morgan fingerprint density at radius 3 is 2.57 bits per heavy atom. The van der Waals surface area contributed by atoms with Crippen LogP contribution in [0.15, 0.2) is 36.5 Å². The predicted octanol–water partition coefficient (Wildman–Crippen LogP) is 3.25. The second-order valence-electron chi connectivity index (χ2n) is 4.74. The Balaban J connectivity index is 2.38. The van der Waals surface area contributed by atoms with Gasteiger partial charge in [-0.05, 0) is 26.0 Å². The first-order valence-corrected chi connectivity index (χ1v) is 6.97. The van der Waals surface area contributed by atoms with Crippen LogP contribution >= 0.6 is 0 Å². The van der Waals surface area contributed by atoms with Crippen LogP contribution in [-0.2, 0) is 15.7 Å². The lowest BCUT2D eigenvalue weighted by atomic mass is 10.3. The van der Waals surface area contributed by atoms with Crippen molar-refractivity contribution < 1.29 is 22.7 Å². The van der Waals surface area contributed by atoms with Gasteiger partial charge in [-0.15, -0.1) is 0 Å². The van der Waals surface area contributed by atoms with Crippen molar-refractivity contribution in [1.82, 2.24) is 9.78 Å². The van der Waals surface area contributed by atoms with E-state index in [0.29, 0.717) is 0 Å². The lowest BCUT2D eigenvalue weighted by molar-refractivity contribution is -0.142. The Bertz CT molecular complexity index is 668. The molecular formula is C15H16F3N3O2. The molecule has 1 atom stereocenters. The van der Waals surface area contributed by atoms with Crippen LogP contribution in [0.25, 0.3) is 5.69 Å². The number of hydrogen-bond donors (Lipinski definition) is 1. The van der Waals surface area contributed by atoms with Gasteiger partial charge in [0, 0.05) is 6.61 Å². The number of para-hydroxylation sites is 1. The first kappa shape index (κ1) is 17.0. The Morgan fingerprint density at radius 2 is 2.00 bits per heavy atom. The highest BCUT2D eigenvalue weighted by Crippen LogP contribution is 2.36. The Morgan fingerprint density at radius 1 is 1.35 bits per heavy atom. The summed E-state index contributed by atoms with van der Waals surface area (Å²) in [6.07, 6.45) is -4.56. The molecule has 0 saturated heterocycles. The van der Waals surface area contributed by atoms with Crippen LogP contribution in [0.3, 0.4) is 0 Å². The third kappa shape index (κ3) is 3.89. The number of carbonyl (C=O) groups excluding carboxylic acids is 1. The van der Waals surface area contributed by atoms with Gasteiger partial charge >= 0.3 is 6.18 Å². The molecule has 0 spiro atoms. The van der Waals surface area contributed by atoms with Gasteiger partial charge in [0.1, 0.15) is 6.10 Å². The third-order valence-corrected chi connectivity index (χ3v) is 3.08. The number of anilines is 1. The topological polar surface area (TPSA) is 56.1 Å². The molecule has 1 heterocycles. The van der Waals surface area contributed by atoms with E-state index in [-0.39, 0.29) is 12.3 Å². The molecule has 0 fully saturated rings. The van der Waals surface area contributed by atoms with Crippen LogP contribution in [0, 0.1) is 0 Å². The van der Waals surface area contributed by atoms with E-state index in [1.165, 1.54) is 19.1 Å². The van der Waals surface area contributed by atoms with Crippen molar-refractivity contribution in [2.45, 2.75) is 26.1 Å². The van der Waals surface area contributed by atoms with Crippen molar-refractivity contribution in [2.24, 2.45) is 0 Å². The maximum absolute atomic E-state index is 13.4. The van der Waals surface area contributed by atoms with Crippen LogP contribution in [0.1, 0.15) is 19.5 Å². The van der Waals surface area contributed by atoms with E-state index in [9.17, 15) is 18.0 Å². The number of carbonyl (C=O) groups is 1. The summed E-state index contributed by atoms with van der Waals surface area (Å²) in [5, 5.41) is 5.98. The molecule has 0 aliphatic heterocycles. The van der Waals surface area contributed by atoms with E-state index in [1.807, 2.05) is 0 Å². The molecule has 5 nitrogen and oxygen atoms in total. The van der Waals surface area contributed by atoms with E-state index in [2.05, 4.69) is 10.4 Å². The Labute approximate surface area is 131 Å². The minimum Gasteiger partial charge on any atom is -0.369 e. The molecule has 1 amide bonds. The quantitative estimate of drug-likeness (QED) is 0.917. The molecule has 1 aromatic carbocycles. The lowest BCUT2D eigenvalue weighted by Gasteiger charge is -2.15. The molecule has 0 bridgehead atoms. The van der Waals surface area contributed by atoms with Crippen LogP contribution in [0.4, 0.5) is 18.9 Å². The van der Waals surface area contributed by atoms with E-state index < -0.39 is 29.6 Å². The summed E-state index contributed by atoms with van der Waals surface area (Å²) < 4.78 is 46.0. The smallest absolute Gasteiger partial charge is 0.369 e. The molecule has 0 radical (unpaired) electrons. The highest BCUT2D eigenvalue weighted by molar-refractivity contribution is 5.94. The van der Waals surface area contributed by atoms with Gasteiger partial charge in [0.25, 0.3) is 5.91 Å². The number of amides is 1. The fraction of sp³-hybridized carbons (Fsp3) is 0.333. The van der Waals surface area contributed by atoms with Gasteiger partial charge in [0.05, 0.1) is 17.6 Å². The number of rotatable bonds is 5. The molecule has 0 aliphatic carbocycles. The average molecular weight is 327 g/mol. The third-order valence-electron chi connectivity index (χ3n) is 3.08. The summed E-state index contributed by atoms with van der Waals surface area (Å²) in [5.74, 6) is -0.662. The minimum atomic E-state index is -4.68. The molecular weight excluding hydrogens is 311 g/mol. The van der Waals surface area contributed by atoms with Gasteiger partial charge in [0.15, 0.2) is 5.69 Å². The van der Waals surface area contributed by atoms with E-state index in [4.69, 9.17) is 4.74 Å². The molecule has 23 heavy (non-hydrogen) atoms. The van der Waals surface area contributed by atoms with Crippen molar-refractivity contribution in [3.63, 3.8) is 0 Å². The van der Waals surface area contributed by atoms with E-state index in [1.54, 1.807) is 25.1 Å². The molecule has 8 heteroatoms. The van der Waals surface area contributed by atoms with E-state index >= 15 is 0 Å². The van der Waals surface area contributed by atoms with Crippen molar-refractivity contribution in [3.05, 3.63) is 42.2 Å². The van der Waals surface area contributed by atoms with Crippen molar-refractivity contribution in [2.75, 3.05) is 11.9 Å². The summed E-state index contributed by atoms with van der Waals surface area (Å²) in [4.78, 5) is 11.9. The summed E-state index contributed by atoms with van der Waals surface area (Å²) in [5.41, 5.74) is -1.20. The zero-order valence-electron chi connectivity index (χ0n) is 12.6. The highest BCUT2D eigenvalue weighted by Gasteiger charge is 2.39. The summed E-state index contributed by atoms with van der Waals surface area (Å²) >= 11 is 0. The number of alkyl halides is 3. The predicted molar refractivity (Wildman–Crippen MR) is 78.3 cm³/mol. The monoisotopic (exact) mass is 327 g/mol. The maximum atomic E-state index is 13.4. The number of halogens is 3. The average Bonchev–Trinajstić information content (AvgIpc) is 2.92. The van der Waals surface area contributed by atoms with Crippen LogP contribution in [0.5, 0.6) is 0 Å². The molecule has 0 aliphatic rings. The number of aromatic nitrogens is 2. The molecule has 0 saturated carbocycles. The lowest BCUT2D eigenvalue weighted by Crippen LogP contribution is -2.28. The fourth-order valence-corrected chi connectivity index (χ4v) is 2.04. The molecule has 1 aromatic heterocycles. The van der Waals surface area contributed by atoms with E-state index in [0.717, 1.165) is 10.9 Å². The molecule has 2 aromatic rings. The number of ether oxygens (including phenoxy) is 1. The molecule has 1 N–H and O–H groups in total. The molecule has 124 valence electrons. The van der Waals surface area contributed by atoms with Crippen molar-refractivity contribution in [3.8, 4) is 5.69 Å². The summed E-state index contributed by atoms with van der Waals surface area (Å²) in [6.45, 7) is 3.44. The van der Waals surface area contributed by atoms with Crippen LogP contribution in [0.2, 0.25) is 0 Å². The number of benzene rings is 1. The first-order valence-electron chi connectivity index (χ1n) is 6.97. The van der Waals surface area contributed by atoms with Gasteiger partial charge < -0.3 is 10.1 Å². The maximum Gasteiger partial charge on any atom is 0.435 e. The number of nitrogens with zero attached hydrogens (tertiary/aromatic N) is 2. The summed E-state index contributed by atoms with van der Waals surface area (Å²) in [7, 11) is 0. The van der Waals surface area contributed by atoms with Gasteiger partial charge in [-0.25, -0.2) is 4.68 Å². The largest absolute Gasteiger partial charge is 0.435 e. The van der Waals surface area contributed by atoms with Crippen molar-refractivity contribution >= 4 is 11.6 Å². The molecule has 2 rings (SSSR count). The van der Waals surface area contributed by atoms with Crippen LogP contribution < -0.4 is 5.32 Å². The van der Waals surface area contributed by atoms with Gasteiger partial charge in [-0.2, -0.15) is 18.3 Å². The Hall–Kier alpha value is -2.35. The Kier molecular flexibility index (Phi) is 5.05. The second kappa shape index (κ2) is 6.82. The zero-order chi connectivity index (χ0) is 17.0. The van der Waals surface area contributed by atoms with Crippen molar-refractivity contribution in [1.29, 1.82) is 0 Å². The van der Waals surface area contributed by atoms with Gasteiger partial charge in [-0.3, -0.25) is 4.79 Å². The standard InChI is InChI=1S/C15H16F3N3O2/c1-3-23-10(2)14(22)20-12-9-19-21(13(12)15(16,17)18)11-7-5-4-6-8-11/h4-10H,3H2,1-2H3,(H,20,22)/t10-/m0/s1. The second-order valence-corrected chi connectivity index (χ2v) is 4.74.